The van der Waals surface area contributed by atoms with E-state index in [1.165, 1.54) is 18.2 Å². The maximum atomic E-state index is 13.6. The van der Waals surface area contributed by atoms with Crippen LogP contribution < -0.4 is 4.74 Å². The second-order valence-electron chi connectivity index (χ2n) is 5.56. The van der Waals surface area contributed by atoms with Gasteiger partial charge in [-0.2, -0.15) is 0 Å². The lowest BCUT2D eigenvalue weighted by Gasteiger charge is -2.25. The Morgan fingerprint density at radius 3 is 2.55 bits per heavy atom. The normalized spacial score (nSPS) is 11.0. The van der Waals surface area contributed by atoms with E-state index in [0.717, 1.165) is 5.56 Å². The number of carbonyl (C=O) groups is 1. The number of hydrogen-bond donors (Lipinski definition) is 0. The lowest BCUT2D eigenvalue weighted by atomic mass is 9.78. The average Bonchev–Trinajstić information content (AvgIpc) is 2.53. The van der Waals surface area contributed by atoms with Gasteiger partial charge in [-0.1, -0.05) is 43.0 Å². The van der Waals surface area contributed by atoms with Gasteiger partial charge in [0.1, 0.15) is 18.2 Å². The summed E-state index contributed by atoms with van der Waals surface area (Å²) in [6, 6.07) is 13.4. The summed E-state index contributed by atoms with van der Waals surface area (Å²) in [7, 11) is 0. The summed E-state index contributed by atoms with van der Waals surface area (Å²) in [6.45, 7) is 7.49. The van der Waals surface area contributed by atoms with Crippen LogP contribution in [-0.4, -0.2) is 12.4 Å². The lowest BCUT2D eigenvalue weighted by molar-refractivity contribution is 0.0904. The topological polar surface area (TPSA) is 26.3 Å². The highest BCUT2D eigenvalue weighted by Crippen LogP contribution is 2.31. The average molecular weight is 298 g/mol. The molecule has 0 amide bonds. The van der Waals surface area contributed by atoms with E-state index in [2.05, 4.69) is 6.58 Å². The number of ether oxygens (including phenoxy) is 1. The molecule has 0 spiro atoms. The first-order valence-electron chi connectivity index (χ1n) is 7.10. The second kappa shape index (κ2) is 6.56. The molecule has 0 unspecified atom stereocenters. The largest absolute Gasteiger partial charge is 0.489 e. The highest BCUT2D eigenvalue weighted by Gasteiger charge is 2.32. The fourth-order valence-electron chi connectivity index (χ4n) is 2.28. The summed E-state index contributed by atoms with van der Waals surface area (Å²) in [6.07, 6.45) is 1.58. The van der Waals surface area contributed by atoms with Crippen molar-refractivity contribution in [3.05, 3.63) is 78.1 Å². The Bertz CT molecular complexity index is 675. The lowest BCUT2D eigenvalue weighted by Crippen LogP contribution is -2.29. The van der Waals surface area contributed by atoms with Crippen molar-refractivity contribution in [3.8, 4) is 5.75 Å². The van der Waals surface area contributed by atoms with Gasteiger partial charge >= 0.3 is 0 Å². The summed E-state index contributed by atoms with van der Waals surface area (Å²) >= 11 is 0. The molecule has 0 saturated carbocycles. The quantitative estimate of drug-likeness (QED) is 0.577. The second-order valence-corrected chi connectivity index (χ2v) is 5.56. The molecule has 0 aliphatic heterocycles. The summed E-state index contributed by atoms with van der Waals surface area (Å²) in [4.78, 5) is 12.9. The van der Waals surface area contributed by atoms with Gasteiger partial charge in [0, 0.05) is 0 Å². The first-order chi connectivity index (χ1) is 10.5. The Labute approximate surface area is 130 Å². The molecular formula is C19H19FO2. The predicted molar refractivity (Wildman–Crippen MR) is 85.9 cm³/mol. The van der Waals surface area contributed by atoms with Crippen LogP contribution in [-0.2, 0) is 5.41 Å². The standard InChI is InChI=1S/C19H19FO2/c1-4-12-22-17-11-10-15(20)13-16(17)18(21)19(2,3)14-8-6-5-7-9-14/h4-11,13H,1,12H2,2-3H3. The number of benzene rings is 2. The molecule has 0 bridgehead atoms. The van der Waals surface area contributed by atoms with Crippen LogP contribution in [0.4, 0.5) is 4.39 Å². The Hall–Kier alpha value is -2.42. The molecule has 2 nitrogen and oxygen atoms in total. The monoisotopic (exact) mass is 298 g/mol. The number of rotatable bonds is 6. The van der Waals surface area contributed by atoms with Crippen LogP contribution in [0.1, 0.15) is 29.8 Å². The molecule has 2 rings (SSSR count). The minimum absolute atomic E-state index is 0.183. The fourth-order valence-corrected chi connectivity index (χ4v) is 2.28. The first kappa shape index (κ1) is 16.0. The number of Topliss-reactive ketones (excluding diaryl/α,β-unsaturated/α-hetero) is 1. The molecule has 2 aromatic rings. The van der Waals surface area contributed by atoms with Crippen LogP contribution in [0.3, 0.4) is 0 Å². The molecule has 0 saturated heterocycles. The van der Waals surface area contributed by atoms with Gasteiger partial charge in [-0.15, -0.1) is 0 Å². The number of halogens is 1. The van der Waals surface area contributed by atoms with E-state index in [1.807, 2.05) is 44.2 Å². The van der Waals surface area contributed by atoms with Crippen molar-refractivity contribution in [1.29, 1.82) is 0 Å². The molecule has 22 heavy (non-hydrogen) atoms. The van der Waals surface area contributed by atoms with Crippen molar-refractivity contribution in [1.82, 2.24) is 0 Å². The molecule has 0 aliphatic rings. The van der Waals surface area contributed by atoms with Gasteiger partial charge in [-0.3, -0.25) is 4.79 Å². The molecular weight excluding hydrogens is 279 g/mol. The third-order valence-corrected chi connectivity index (χ3v) is 3.61. The molecule has 0 aliphatic carbocycles. The van der Waals surface area contributed by atoms with Crippen LogP contribution in [0.5, 0.6) is 5.75 Å². The highest BCUT2D eigenvalue weighted by atomic mass is 19.1. The maximum absolute atomic E-state index is 13.6. The van der Waals surface area contributed by atoms with Crippen molar-refractivity contribution >= 4 is 5.78 Å². The van der Waals surface area contributed by atoms with Gasteiger partial charge in [0.25, 0.3) is 0 Å². The number of ketones is 1. The molecule has 0 N–H and O–H groups in total. The molecule has 0 atom stereocenters. The number of carbonyl (C=O) groups excluding carboxylic acids is 1. The van der Waals surface area contributed by atoms with Crippen molar-refractivity contribution < 1.29 is 13.9 Å². The third kappa shape index (κ3) is 3.25. The van der Waals surface area contributed by atoms with Crippen LogP contribution in [0, 0.1) is 5.82 Å². The van der Waals surface area contributed by atoms with Crippen molar-refractivity contribution in [3.63, 3.8) is 0 Å². The van der Waals surface area contributed by atoms with Crippen molar-refractivity contribution in [2.45, 2.75) is 19.3 Å². The fraction of sp³-hybridized carbons (Fsp3) is 0.211. The Morgan fingerprint density at radius 1 is 1.23 bits per heavy atom. The molecule has 0 heterocycles. The Balaban J connectivity index is 2.44. The summed E-state index contributed by atoms with van der Waals surface area (Å²) in [5.74, 6) is -0.272. The first-order valence-corrected chi connectivity index (χ1v) is 7.10. The van der Waals surface area contributed by atoms with Crippen LogP contribution in [0.25, 0.3) is 0 Å². The minimum atomic E-state index is -0.776. The highest BCUT2D eigenvalue weighted by molar-refractivity contribution is 6.05. The summed E-state index contributed by atoms with van der Waals surface area (Å²) in [5, 5.41) is 0. The molecule has 0 fully saturated rings. The third-order valence-electron chi connectivity index (χ3n) is 3.61. The maximum Gasteiger partial charge on any atom is 0.176 e. The summed E-state index contributed by atoms with van der Waals surface area (Å²) < 4.78 is 19.1. The molecule has 2 aromatic carbocycles. The van der Waals surface area contributed by atoms with E-state index in [4.69, 9.17) is 4.74 Å². The summed E-state index contributed by atoms with van der Waals surface area (Å²) in [5.41, 5.74) is 0.344. The van der Waals surface area contributed by atoms with Crippen molar-refractivity contribution in [2.75, 3.05) is 6.61 Å². The Morgan fingerprint density at radius 2 is 1.91 bits per heavy atom. The van der Waals surface area contributed by atoms with E-state index < -0.39 is 11.2 Å². The molecule has 3 heteroatoms. The van der Waals surface area contributed by atoms with E-state index >= 15 is 0 Å². The minimum Gasteiger partial charge on any atom is -0.489 e. The molecule has 0 aromatic heterocycles. The van der Waals surface area contributed by atoms with Gasteiger partial charge in [0.2, 0.25) is 0 Å². The molecule has 114 valence electrons. The Kier molecular flexibility index (Phi) is 4.76. The van der Waals surface area contributed by atoms with Crippen LogP contribution in [0.15, 0.2) is 61.2 Å². The zero-order valence-electron chi connectivity index (χ0n) is 12.8. The van der Waals surface area contributed by atoms with Crippen LogP contribution in [0.2, 0.25) is 0 Å². The SMILES string of the molecule is C=CCOc1ccc(F)cc1C(=O)C(C)(C)c1ccccc1. The smallest absolute Gasteiger partial charge is 0.176 e. The van der Waals surface area contributed by atoms with Gasteiger partial charge in [-0.25, -0.2) is 4.39 Å². The predicted octanol–water partition coefficient (Wildman–Crippen LogP) is 4.55. The van der Waals surface area contributed by atoms with Gasteiger partial charge < -0.3 is 4.74 Å². The van der Waals surface area contributed by atoms with Crippen LogP contribution >= 0.6 is 0 Å². The van der Waals surface area contributed by atoms with Gasteiger partial charge in [0.15, 0.2) is 5.78 Å². The van der Waals surface area contributed by atoms with E-state index in [-0.39, 0.29) is 18.0 Å². The van der Waals surface area contributed by atoms with Crippen molar-refractivity contribution in [2.24, 2.45) is 0 Å². The van der Waals surface area contributed by atoms with E-state index in [1.54, 1.807) is 6.08 Å². The van der Waals surface area contributed by atoms with Gasteiger partial charge in [-0.05, 0) is 37.6 Å². The van der Waals surface area contributed by atoms with E-state index in [9.17, 15) is 9.18 Å². The van der Waals surface area contributed by atoms with E-state index in [0.29, 0.717) is 5.75 Å². The zero-order valence-corrected chi connectivity index (χ0v) is 12.8. The zero-order chi connectivity index (χ0) is 16.2. The number of hydrogen-bond acceptors (Lipinski definition) is 2. The van der Waals surface area contributed by atoms with Gasteiger partial charge in [0.05, 0.1) is 11.0 Å². The molecule has 0 radical (unpaired) electrons.